The first kappa shape index (κ1) is 6.43. The van der Waals surface area contributed by atoms with Crippen molar-refractivity contribution in [2.24, 2.45) is 11.8 Å². The smallest absolute Gasteiger partial charge is 0.317 e. The Morgan fingerprint density at radius 3 is 2.58 bits per heavy atom. The number of esters is 1. The highest BCUT2D eigenvalue weighted by molar-refractivity contribution is 5.79. The number of carbonyl (C=O) groups excluding carboxylic acids is 1. The molecule has 12 heavy (non-hydrogen) atoms. The second-order valence-corrected chi connectivity index (χ2v) is 3.39. The Balaban J connectivity index is 2.08. The number of fused-ring (bicyclic) bond motifs is 5. The Morgan fingerprint density at radius 2 is 1.92 bits per heavy atom. The third kappa shape index (κ3) is 0.547. The molecule has 62 valence electrons. The van der Waals surface area contributed by atoms with Crippen LogP contribution < -0.4 is 0 Å². The molecular weight excluding hydrogens is 156 g/mol. The van der Waals surface area contributed by atoms with Gasteiger partial charge in [-0.2, -0.15) is 0 Å². The molecular formula is C9H8O3. The minimum atomic E-state index is -0.179. The summed E-state index contributed by atoms with van der Waals surface area (Å²) in [6, 6.07) is 0. The van der Waals surface area contributed by atoms with Gasteiger partial charge in [0.1, 0.15) is 5.76 Å². The van der Waals surface area contributed by atoms with E-state index in [1.165, 1.54) is 0 Å². The molecule has 3 heteroatoms. The molecule has 2 unspecified atom stereocenters. The second-order valence-electron chi connectivity index (χ2n) is 3.39. The molecule has 0 aliphatic carbocycles. The topological polar surface area (TPSA) is 35.5 Å². The molecule has 3 heterocycles. The molecule has 0 aromatic rings. The lowest BCUT2D eigenvalue weighted by Gasteiger charge is -2.10. The quantitative estimate of drug-likeness (QED) is 0.389. The van der Waals surface area contributed by atoms with Crippen molar-refractivity contribution in [3.05, 3.63) is 24.5 Å². The molecule has 0 aromatic heterocycles. The van der Waals surface area contributed by atoms with Crippen LogP contribution in [0.25, 0.3) is 0 Å². The van der Waals surface area contributed by atoms with Gasteiger partial charge in [0.05, 0.1) is 24.0 Å². The summed E-state index contributed by atoms with van der Waals surface area (Å²) in [5.74, 6) is 0.351. The number of hydrogen-bond acceptors (Lipinski definition) is 3. The molecule has 4 atom stereocenters. The summed E-state index contributed by atoms with van der Waals surface area (Å²) in [6.07, 6.45) is 3.88. The van der Waals surface area contributed by atoms with Gasteiger partial charge in [0.15, 0.2) is 0 Å². The fourth-order valence-corrected chi connectivity index (χ4v) is 2.24. The van der Waals surface area contributed by atoms with Gasteiger partial charge < -0.3 is 9.47 Å². The van der Waals surface area contributed by atoms with Crippen LogP contribution in [0.5, 0.6) is 0 Å². The normalized spacial score (nSPS) is 48.3. The summed E-state index contributed by atoms with van der Waals surface area (Å²) in [5.41, 5.74) is 0. The van der Waals surface area contributed by atoms with Crippen LogP contribution >= 0.6 is 0 Å². The minimum absolute atomic E-state index is 0.0268. The fraction of sp³-hybridized carbons (Fsp3) is 0.444. The van der Waals surface area contributed by atoms with E-state index in [-0.39, 0.29) is 30.0 Å². The lowest BCUT2D eigenvalue weighted by atomic mass is 9.84. The third-order valence-corrected chi connectivity index (χ3v) is 2.78. The van der Waals surface area contributed by atoms with Crippen LogP contribution in [0.15, 0.2) is 24.5 Å². The summed E-state index contributed by atoms with van der Waals surface area (Å²) >= 11 is 0. The van der Waals surface area contributed by atoms with Gasteiger partial charge in [-0.1, -0.05) is 18.7 Å². The Bertz CT molecular complexity index is 277. The average molecular weight is 164 g/mol. The van der Waals surface area contributed by atoms with Crippen LogP contribution in [0.4, 0.5) is 0 Å². The number of rotatable bonds is 0. The molecule has 2 fully saturated rings. The standard InChI is InChI=1S/C9H8O3/c1-4-7-5-2-3-6(12-5)8(7)9(10)11-4/h2-3,5-8H,1H2/t5?,6?,7-,8+/m1/s1. The van der Waals surface area contributed by atoms with E-state index >= 15 is 0 Å². The second kappa shape index (κ2) is 1.80. The van der Waals surface area contributed by atoms with Crippen molar-refractivity contribution in [1.29, 1.82) is 0 Å². The van der Waals surface area contributed by atoms with Crippen molar-refractivity contribution in [3.8, 4) is 0 Å². The zero-order valence-corrected chi connectivity index (χ0v) is 6.40. The highest BCUT2D eigenvalue weighted by Crippen LogP contribution is 2.47. The molecule has 3 nitrogen and oxygen atoms in total. The first-order valence-electron chi connectivity index (χ1n) is 4.01. The number of ether oxygens (including phenoxy) is 2. The van der Waals surface area contributed by atoms with Gasteiger partial charge in [0.25, 0.3) is 0 Å². The van der Waals surface area contributed by atoms with Crippen molar-refractivity contribution in [3.63, 3.8) is 0 Å². The van der Waals surface area contributed by atoms with Crippen molar-refractivity contribution < 1.29 is 14.3 Å². The predicted octanol–water partition coefficient (Wildman–Crippen LogP) is 0.626. The Kier molecular flexibility index (Phi) is 0.964. The zero-order chi connectivity index (χ0) is 8.29. The number of hydrogen-bond donors (Lipinski definition) is 0. The van der Waals surface area contributed by atoms with Gasteiger partial charge in [-0.05, 0) is 0 Å². The minimum Gasteiger partial charge on any atom is -0.431 e. The van der Waals surface area contributed by atoms with Crippen molar-refractivity contribution in [2.45, 2.75) is 12.2 Å². The fourth-order valence-electron chi connectivity index (χ4n) is 2.24. The van der Waals surface area contributed by atoms with Crippen LogP contribution in [0, 0.1) is 11.8 Å². The van der Waals surface area contributed by atoms with Crippen molar-refractivity contribution in [2.75, 3.05) is 0 Å². The predicted molar refractivity (Wildman–Crippen MR) is 40.0 cm³/mol. The largest absolute Gasteiger partial charge is 0.431 e. The van der Waals surface area contributed by atoms with E-state index < -0.39 is 0 Å². The molecule has 0 radical (unpaired) electrons. The van der Waals surface area contributed by atoms with E-state index in [2.05, 4.69) is 6.58 Å². The van der Waals surface area contributed by atoms with Crippen LogP contribution in [-0.4, -0.2) is 18.2 Å². The lowest BCUT2D eigenvalue weighted by Crippen LogP contribution is -2.24. The molecule has 2 bridgehead atoms. The monoisotopic (exact) mass is 164 g/mol. The van der Waals surface area contributed by atoms with Crippen LogP contribution in [0.3, 0.4) is 0 Å². The van der Waals surface area contributed by atoms with Gasteiger partial charge in [-0.3, -0.25) is 4.79 Å². The van der Waals surface area contributed by atoms with Crippen LogP contribution in [-0.2, 0) is 14.3 Å². The van der Waals surface area contributed by atoms with Gasteiger partial charge in [0, 0.05) is 0 Å². The summed E-state index contributed by atoms with van der Waals surface area (Å²) in [4.78, 5) is 11.3. The maximum atomic E-state index is 11.3. The first-order valence-corrected chi connectivity index (χ1v) is 4.01. The van der Waals surface area contributed by atoms with Gasteiger partial charge >= 0.3 is 5.97 Å². The average Bonchev–Trinajstić information content (AvgIpc) is 2.64. The van der Waals surface area contributed by atoms with E-state index in [9.17, 15) is 4.79 Å². The molecule has 3 aliphatic rings. The van der Waals surface area contributed by atoms with Crippen LogP contribution in [0.1, 0.15) is 0 Å². The molecule has 0 spiro atoms. The summed E-state index contributed by atoms with van der Waals surface area (Å²) < 4.78 is 10.5. The lowest BCUT2D eigenvalue weighted by molar-refractivity contribution is -0.140. The van der Waals surface area contributed by atoms with Crippen molar-refractivity contribution >= 4 is 5.97 Å². The molecule has 2 saturated heterocycles. The Labute approximate surface area is 69.7 Å². The van der Waals surface area contributed by atoms with E-state index in [0.29, 0.717) is 5.76 Å². The molecule has 3 rings (SSSR count). The van der Waals surface area contributed by atoms with Gasteiger partial charge in [0.2, 0.25) is 0 Å². The molecule has 0 N–H and O–H groups in total. The molecule has 0 saturated carbocycles. The molecule has 3 aliphatic heterocycles. The van der Waals surface area contributed by atoms with E-state index in [1.807, 2.05) is 12.2 Å². The highest BCUT2D eigenvalue weighted by Gasteiger charge is 2.56. The Hall–Kier alpha value is -1.09. The van der Waals surface area contributed by atoms with E-state index in [4.69, 9.17) is 9.47 Å². The Morgan fingerprint density at radius 1 is 1.25 bits per heavy atom. The molecule has 0 amide bonds. The van der Waals surface area contributed by atoms with E-state index in [0.717, 1.165) is 0 Å². The third-order valence-electron chi connectivity index (χ3n) is 2.78. The molecule has 0 aromatic carbocycles. The maximum absolute atomic E-state index is 11.3. The van der Waals surface area contributed by atoms with Crippen molar-refractivity contribution in [1.82, 2.24) is 0 Å². The number of cyclic esters (lactones) is 1. The summed E-state index contributed by atoms with van der Waals surface area (Å²) in [7, 11) is 0. The van der Waals surface area contributed by atoms with Gasteiger partial charge in [-0.15, -0.1) is 0 Å². The summed E-state index contributed by atoms with van der Waals surface area (Å²) in [5, 5.41) is 0. The summed E-state index contributed by atoms with van der Waals surface area (Å²) in [6.45, 7) is 3.71. The van der Waals surface area contributed by atoms with Gasteiger partial charge in [-0.25, -0.2) is 0 Å². The van der Waals surface area contributed by atoms with E-state index in [1.54, 1.807) is 0 Å². The van der Waals surface area contributed by atoms with Crippen LogP contribution in [0.2, 0.25) is 0 Å². The number of carbonyl (C=O) groups is 1. The maximum Gasteiger partial charge on any atom is 0.317 e. The zero-order valence-electron chi connectivity index (χ0n) is 6.40. The first-order chi connectivity index (χ1) is 5.77. The highest BCUT2D eigenvalue weighted by atomic mass is 16.6. The SMILES string of the molecule is C=C1OC(=O)[C@H]2C3C=CC(O3)[C@@H]12.